The number of benzene rings is 1. The number of rotatable bonds is 2. The average Bonchev–Trinajstić information content (AvgIpc) is 3.04. The molecule has 0 radical (unpaired) electrons. The van der Waals surface area contributed by atoms with Crippen molar-refractivity contribution in [2.45, 2.75) is 95.1 Å². The number of hydrogen-bond donors (Lipinski definition) is 2. The van der Waals surface area contributed by atoms with E-state index in [1.807, 2.05) is 6.07 Å². The van der Waals surface area contributed by atoms with Crippen LogP contribution >= 0.6 is 0 Å². The monoisotopic (exact) mass is 356 g/mol. The standard InChI is InChI=1S/C23H36N2O/c26-23(18-13-16-21(23)20-14-9-8-10-15-20)25-22-17-11-6-4-2-1-3-5-7-12-19-24-22/h8-10,14-15,21,26H,1-7,11-13,16-19H2,(H,24,25)/t21-,23+/m1/s1. The predicted molar refractivity (Wildman–Crippen MR) is 110 cm³/mol. The molecule has 1 saturated carbocycles. The molecule has 1 heterocycles. The van der Waals surface area contributed by atoms with E-state index < -0.39 is 5.72 Å². The lowest BCUT2D eigenvalue weighted by Gasteiger charge is -2.33. The molecule has 3 nitrogen and oxygen atoms in total. The van der Waals surface area contributed by atoms with Crippen LogP contribution in [0.25, 0.3) is 0 Å². The van der Waals surface area contributed by atoms with Gasteiger partial charge in [-0.15, -0.1) is 0 Å². The molecule has 1 aliphatic carbocycles. The van der Waals surface area contributed by atoms with Gasteiger partial charge in [0.2, 0.25) is 0 Å². The molecule has 3 rings (SSSR count). The van der Waals surface area contributed by atoms with E-state index in [1.165, 1.54) is 63.4 Å². The minimum absolute atomic E-state index is 0.163. The van der Waals surface area contributed by atoms with Crippen LogP contribution in [0.1, 0.15) is 95.0 Å². The molecule has 3 heteroatoms. The van der Waals surface area contributed by atoms with Crippen LogP contribution in [0.15, 0.2) is 35.3 Å². The lowest BCUT2D eigenvalue weighted by Crippen LogP contribution is -2.50. The van der Waals surface area contributed by atoms with Crippen LogP contribution in [0.3, 0.4) is 0 Å². The topological polar surface area (TPSA) is 44.6 Å². The molecule has 2 N–H and O–H groups in total. The zero-order valence-corrected chi connectivity index (χ0v) is 16.3. The van der Waals surface area contributed by atoms with Gasteiger partial charge in [-0.25, -0.2) is 0 Å². The summed E-state index contributed by atoms with van der Waals surface area (Å²) in [6.45, 7) is 0.897. The second-order valence-electron chi connectivity index (χ2n) is 8.17. The summed E-state index contributed by atoms with van der Waals surface area (Å²) in [5, 5.41) is 14.9. The molecule has 1 fully saturated rings. The van der Waals surface area contributed by atoms with Gasteiger partial charge in [-0.1, -0.05) is 75.3 Å². The summed E-state index contributed by atoms with van der Waals surface area (Å²) < 4.78 is 0. The maximum Gasteiger partial charge on any atom is 0.143 e. The first-order valence-corrected chi connectivity index (χ1v) is 10.9. The average molecular weight is 357 g/mol. The highest BCUT2D eigenvalue weighted by molar-refractivity contribution is 5.83. The SMILES string of the molecule is O[C@@]1(NC2=NCCCCCCCCCCC2)CCC[C@@H]1c1ccccc1. The normalized spacial score (nSPS) is 29.1. The molecular weight excluding hydrogens is 320 g/mol. The first-order valence-electron chi connectivity index (χ1n) is 10.9. The van der Waals surface area contributed by atoms with Gasteiger partial charge in [0.25, 0.3) is 0 Å². The minimum Gasteiger partial charge on any atom is -0.370 e. The molecule has 2 aliphatic rings. The van der Waals surface area contributed by atoms with E-state index in [1.54, 1.807) is 0 Å². The van der Waals surface area contributed by atoms with Crippen LogP contribution in [-0.2, 0) is 0 Å². The molecular formula is C23H36N2O. The minimum atomic E-state index is -0.839. The Morgan fingerprint density at radius 1 is 0.846 bits per heavy atom. The highest BCUT2D eigenvalue weighted by Crippen LogP contribution is 2.41. The van der Waals surface area contributed by atoms with Crippen molar-refractivity contribution in [3.8, 4) is 0 Å². The molecule has 0 unspecified atom stereocenters. The molecule has 26 heavy (non-hydrogen) atoms. The van der Waals surface area contributed by atoms with Crippen molar-refractivity contribution in [1.82, 2.24) is 5.32 Å². The Kier molecular flexibility index (Phi) is 7.55. The second kappa shape index (κ2) is 10.1. The molecule has 0 spiro atoms. The Bertz CT molecular complexity index is 557. The molecule has 1 aromatic rings. The number of aliphatic imine (C=N–C) groups is 1. The second-order valence-corrected chi connectivity index (χ2v) is 8.17. The quantitative estimate of drug-likeness (QED) is 0.683. The van der Waals surface area contributed by atoms with Gasteiger partial charge in [-0.05, 0) is 37.7 Å². The lowest BCUT2D eigenvalue weighted by molar-refractivity contribution is 0.0140. The van der Waals surface area contributed by atoms with Crippen LogP contribution < -0.4 is 5.32 Å². The number of nitrogens with zero attached hydrogens (tertiary/aromatic N) is 1. The van der Waals surface area contributed by atoms with Crippen molar-refractivity contribution in [1.29, 1.82) is 0 Å². The zero-order chi connectivity index (χ0) is 18.1. The fraction of sp³-hybridized carbons (Fsp3) is 0.696. The van der Waals surface area contributed by atoms with Crippen LogP contribution in [0, 0.1) is 0 Å². The van der Waals surface area contributed by atoms with Gasteiger partial charge < -0.3 is 10.4 Å². The van der Waals surface area contributed by atoms with E-state index in [-0.39, 0.29) is 5.92 Å². The van der Waals surface area contributed by atoms with Gasteiger partial charge in [0.1, 0.15) is 5.72 Å². The first kappa shape index (κ1) is 19.4. The Morgan fingerprint density at radius 2 is 1.50 bits per heavy atom. The molecule has 0 bridgehead atoms. The molecule has 0 aromatic heterocycles. The van der Waals surface area contributed by atoms with Crippen molar-refractivity contribution in [3.05, 3.63) is 35.9 Å². The number of aliphatic hydroxyl groups is 1. The third-order valence-corrected chi connectivity index (χ3v) is 6.06. The van der Waals surface area contributed by atoms with E-state index in [9.17, 15) is 5.11 Å². The van der Waals surface area contributed by atoms with Crippen molar-refractivity contribution in [2.24, 2.45) is 4.99 Å². The van der Waals surface area contributed by atoms with Crippen LogP contribution in [-0.4, -0.2) is 23.2 Å². The van der Waals surface area contributed by atoms with Gasteiger partial charge in [-0.3, -0.25) is 4.99 Å². The summed E-state index contributed by atoms with van der Waals surface area (Å²) in [6.07, 6.45) is 15.6. The Labute approximate surface area is 159 Å². The van der Waals surface area contributed by atoms with E-state index in [4.69, 9.17) is 4.99 Å². The zero-order valence-electron chi connectivity index (χ0n) is 16.3. The summed E-state index contributed by atoms with van der Waals surface area (Å²) in [7, 11) is 0. The Morgan fingerprint density at radius 3 is 2.23 bits per heavy atom. The summed E-state index contributed by atoms with van der Waals surface area (Å²) in [4.78, 5) is 4.87. The summed E-state index contributed by atoms with van der Waals surface area (Å²) in [5.74, 6) is 1.20. The molecule has 0 amide bonds. The van der Waals surface area contributed by atoms with E-state index in [0.29, 0.717) is 0 Å². The summed E-state index contributed by atoms with van der Waals surface area (Å²) >= 11 is 0. The van der Waals surface area contributed by atoms with Crippen molar-refractivity contribution in [2.75, 3.05) is 6.54 Å². The number of nitrogens with one attached hydrogen (secondary N) is 1. The van der Waals surface area contributed by atoms with Crippen LogP contribution in [0.4, 0.5) is 0 Å². The highest BCUT2D eigenvalue weighted by Gasteiger charge is 2.42. The van der Waals surface area contributed by atoms with Gasteiger partial charge in [0.15, 0.2) is 0 Å². The summed E-state index contributed by atoms with van der Waals surface area (Å²) in [5.41, 5.74) is 0.402. The third kappa shape index (κ3) is 5.57. The van der Waals surface area contributed by atoms with Gasteiger partial charge >= 0.3 is 0 Å². The van der Waals surface area contributed by atoms with Gasteiger partial charge in [-0.2, -0.15) is 0 Å². The maximum absolute atomic E-state index is 11.4. The van der Waals surface area contributed by atoms with Crippen LogP contribution in [0.5, 0.6) is 0 Å². The van der Waals surface area contributed by atoms with E-state index in [0.717, 1.165) is 38.1 Å². The predicted octanol–water partition coefficient (Wildman–Crippen LogP) is 5.55. The summed E-state index contributed by atoms with van der Waals surface area (Å²) in [6, 6.07) is 10.5. The first-order chi connectivity index (χ1) is 12.8. The third-order valence-electron chi connectivity index (χ3n) is 6.06. The molecule has 1 aromatic carbocycles. The fourth-order valence-electron chi connectivity index (χ4n) is 4.55. The molecule has 1 aliphatic heterocycles. The van der Waals surface area contributed by atoms with Crippen molar-refractivity contribution >= 4 is 5.84 Å². The largest absolute Gasteiger partial charge is 0.370 e. The van der Waals surface area contributed by atoms with Crippen LogP contribution in [0.2, 0.25) is 0 Å². The van der Waals surface area contributed by atoms with Gasteiger partial charge in [0, 0.05) is 18.9 Å². The van der Waals surface area contributed by atoms with E-state index >= 15 is 0 Å². The molecule has 0 saturated heterocycles. The lowest BCUT2D eigenvalue weighted by atomic mass is 9.91. The Hall–Kier alpha value is -1.35. The van der Waals surface area contributed by atoms with Gasteiger partial charge in [0.05, 0.1) is 5.84 Å². The Balaban J connectivity index is 1.66. The fourth-order valence-corrected chi connectivity index (χ4v) is 4.55. The van der Waals surface area contributed by atoms with Crippen molar-refractivity contribution in [3.63, 3.8) is 0 Å². The highest BCUT2D eigenvalue weighted by atomic mass is 16.3. The molecule has 2 atom stereocenters. The van der Waals surface area contributed by atoms with E-state index in [2.05, 4.69) is 29.6 Å². The number of hydrogen-bond acceptors (Lipinski definition) is 3. The van der Waals surface area contributed by atoms with Crippen molar-refractivity contribution < 1.29 is 5.11 Å². The smallest absolute Gasteiger partial charge is 0.143 e. The maximum atomic E-state index is 11.4. The number of amidine groups is 1. The molecule has 144 valence electrons.